The molecule has 0 amide bonds. The number of carbonyl (C=O) groups is 1. The molecule has 0 saturated carbocycles. The van der Waals surface area contributed by atoms with Gasteiger partial charge in [0.2, 0.25) is 0 Å². The number of benzene rings is 2. The van der Waals surface area contributed by atoms with E-state index in [4.69, 9.17) is 0 Å². The summed E-state index contributed by atoms with van der Waals surface area (Å²) in [5.74, 6) is -2.31. The van der Waals surface area contributed by atoms with Gasteiger partial charge in [-0.3, -0.25) is 4.72 Å². The van der Waals surface area contributed by atoms with E-state index in [-0.39, 0.29) is 21.3 Å². The number of aliphatic hydroxyl groups is 2. The zero-order chi connectivity index (χ0) is 22.3. The van der Waals surface area contributed by atoms with Crippen LogP contribution in [0.1, 0.15) is 4.88 Å². The molecule has 0 spiro atoms. The van der Waals surface area contributed by atoms with Crippen molar-refractivity contribution in [1.82, 2.24) is 4.90 Å². The first-order valence-corrected chi connectivity index (χ1v) is 11.3. The van der Waals surface area contributed by atoms with Gasteiger partial charge in [0.05, 0.1) is 15.5 Å². The summed E-state index contributed by atoms with van der Waals surface area (Å²) in [6.45, 7) is 0. The largest absolute Gasteiger partial charge is 0.506 e. The van der Waals surface area contributed by atoms with Crippen molar-refractivity contribution in [3.63, 3.8) is 0 Å². The first-order valence-electron chi connectivity index (χ1n) is 8.94. The topological polar surface area (TPSA) is 140 Å². The summed E-state index contributed by atoms with van der Waals surface area (Å²) in [5, 5.41) is 32.6. The quantitative estimate of drug-likeness (QED) is 0.460. The summed E-state index contributed by atoms with van der Waals surface area (Å²) < 4.78 is 28.5. The van der Waals surface area contributed by atoms with Gasteiger partial charge in [-0.15, -0.1) is 11.3 Å². The number of fused-ring (bicyclic) bond motifs is 1. The Balaban J connectivity index is 1.73. The first kappa shape index (κ1) is 20.8. The van der Waals surface area contributed by atoms with Gasteiger partial charge < -0.3 is 20.2 Å². The van der Waals surface area contributed by atoms with Gasteiger partial charge in [-0.05, 0) is 34.4 Å². The van der Waals surface area contributed by atoms with Gasteiger partial charge in [-0.2, -0.15) is 0 Å². The molecule has 11 heteroatoms. The van der Waals surface area contributed by atoms with Crippen LogP contribution in [0, 0.1) is 0 Å². The van der Waals surface area contributed by atoms with Crippen LogP contribution in [0.25, 0.3) is 10.8 Å². The number of aliphatic hydroxyl groups excluding tert-OH is 2. The zero-order valence-corrected chi connectivity index (χ0v) is 17.7. The van der Waals surface area contributed by atoms with Crippen molar-refractivity contribution in [2.45, 2.75) is 11.1 Å². The average Bonchev–Trinajstić information content (AvgIpc) is 3.18. The zero-order valence-electron chi connectivity index (χ0n) is 16.1. The van der Waals surface area contributed by atoms with E-state index in [1.807, 2.05) is 24.3 Å². The summed E-state index contributed by atoms with van der Waals surface area (Å²) in [5.41, 5.74) is -0.542. The Morgan fingerprint density at radius 3 is 2.58 bits per heavy atom. The van der Waals surface area contributed by atoms with Crippen LogP contribution in [0.15, 0.2) is 75.3 Å². The number of amidine groups is 1. The lowest BCUT2D eigenvalue weighted by Gasteiger charge is -2.30. The van der Waals surface area contributed by atoms with Crippen LogP contribution in [-0.2, 0) is 14.8 Å². The summed E-state index contributed by atoms with van der Waals surface area (Å²) in [6.07, 6.45) is -1.63. The molecule has 160 valence electrons. The molecule has 2 aromatic carbocycles. The van der Waals surface area contributed by atoms with Crippen molar-refractivity contribution in [2.75, 3.05) is 11.8 Å². The minimum absolute atomic E-state index is 0.00825. The Labute approximate surface area is 181 Å². The molecule has 0 fully saturated rings. The Hall–Kier alpha value is -3.41. The molecule has 31 heavy (non-hydrogen) atoms. The van der Waals surface area contributed by atoms with E-state index in [1.54, 1.807) is 17.5 Å². The number of aliphatic imine (C=N–C) groups is 1. The third-order valence-corrected chi connectivity index (χ3v) is 7.03. The maximum Gasteiger partial charge on any atom is 0.358 e. The van der Waals surface area contributed by atoms with Crippen LogP contribution in [-0.4, -0.2) is 53.7 Å². The fraction of sp³-hybridized carbons (Fsp3) is 0.100. The maximum atomic E-state index is 13.0. The van der Waals surface area contributed by atoms with Gasteiger partial charge in [0.25, 0.3) is 10.0 Å². The van der Waals surface area contributed by atoms with E-state index in [1.165, 1.54) is 19.2 Å². The molecule has 0 bridgehead atoms. The van der Waals surface area contributed by atoms with E-state index in [2.05, 4.69) is 9.71 Å². The monoisotopic (exact) mass is 459 g/mol. The summed E-state index contributed by atoms with van der Waals surface area (Å²) in [6, 6.07) is 13.6. The molecule has 3 aromatic rings. The fourth-order valence-electron chi connectivity index (χ4n) is 3.13. The molecule has 2 heterocycles. The van der Waals surface area contributed by atoms with Gasteiger partial charge in [0.15, 0.2) is 23.5 Å². The van der Waals surface area contributed by atoms with Crippen LogP contribution in [0.2, 0.25) is 0 Å². The highest BCUT2D eigenvalue weighted by Crippen LogP contribution is 2.31. The van der Waals surface area contributed by atoms with Crippen LogP contribution in [0.5, 0.6) is 0 Å². The van der Waals surface area contributed by atoms with E-state index >= 15 is 0 Å². The highest BCUT2D eigenvalue weighted by molar-refractivity contribution is 7.92. The number of anilines is 1. The second-order valence-electron chi connectivity index (χ2n) is 6.74. The predicted molar refractivity (Wildman–Crippen MR) is 117 cm³/mol. The molecule has 0 radical (unpaired) electrons. The smallest absolute Gasteiger partial charge is 0.358 e. The number of carboxylic acids is 1. The molecule has 0 aliphatic carbocycles. The maximum absolute atomic E-state index is 13.0. The van der Waals surface area contributed by atoms with Crippen LogP contribution in [0.3, 0.4) is 0 Å². The lowest BCUT2D eigenvalue weighted by Crippen LogP contribution is -2.42. The summed E-state index contributed by atoms with van der Waals surface area (Å²) in [7, 11) is -2.56. The lowest BCUT2D eigenvalue weighted by molar-refractivity contribution is -0.133. The van der Waals surface area contributed by atoms with Gasteiger partial charge in [-0.25, -0.2) is 18.2 Å². The second-order valence-corrected chi connectivity index (χ2v) is 9.34. The van der Waals surface area contributed by atoms with Crippen molar-refractivity contribution < 1.29 is 28.5 Å². The van der Waals surface area contributed by atoms with Gasteiger partial charge in [0.1, 0.15) is 0 Å². The van der Waals surface area contributed by atoms with E-state index in [9.17, 15) is 28.5 Å². The summed E-state index contributed by atoms with van der Waals surface area (Å²) in [4.78, 5) is 16.8. The molecule has 1 aromatic heterocycles. The Morgan fingerprint density at radius 2 is 1.87 bits per heavy atom. The molecule has 1 atom stereocenters. The van der Waals surface area contributed by atoms with Crippen LogP contribution < -0.4 is 4.72 Å². The molecular formula is C20H17N3O6S2. The number of aliphatic carboxylic acids is 1. The van der Waals surface area contributed by atoms with E-state index < -0.39 is 33.7 Å². The third-order valence-electron chi connectivity index (χ3n) is 4.75. The normalized spacial score (nSPS) is 17.0. The van der Waals surface area contributed by atoms with Crippen molar-refractivity contribution in [1.29, 1.82) is 0 Å². The number of carboxylic acid groups (broad SMARTS) is 1. The SMILES string of the molecule is CN1C(c2sccc2NS(=O)(=O)c2ccc3ccccc3c2)=NC(C(=O)O)=C(O)C1O. The number of rotatable bonds is 5. The number of sulfonamides is 1. The number of hydrogen-bond donors (Lipinski definition) is 4. The molecule has 1 aliphatic heterocycles. The highest BCUT2D eigenvalue weighted by Gasteiger charge is 2.33. The molecule has 1 unspecified atom stereocenters. The van der Waals surface area contributed by atoms with Crippen molar-refractivity contribution in [2.24, 2.45) is 4.99 Å². The van der Waals surface area contributed by atoms with Gasteiger partial charge in [0, 0.05) is 7.05 Å². The van der Waals surface area contributed by atoms with E-state index in [0.717, 1.165) is 27.0 Å². The minimum atomic E-state index is -3.96. The average molecular weight is 460 g/mol. The van der Waals surface area contributed by atoms with Crippen LogP contribution in [0.4, 0.5) is 5.69 Å². The second kappa shape index (κ2) is 7.69. The molecular weight excluding hydrogens is 442 g/mol. The van der Waals surface area contributed by atoms with Crippen LogP contribution >= 0.6 is 11.3 Å². The molecule has 1 aliphatic rings. The summed E-state index contributed by atoms with van der Waals surface area (Å²) >= 11 is 1.11. The number of likely N-dealkylation sites (N-methyl/N-ethyl adjacent to an activating group) is 1. The number of hydrogen-bond acceptors (Lipinski definition) is 8. The molecule has 9 nitrogen and oxygen atoms in total. The minimum Gasteiger partial charge on any atom is -0.506 e. The Morgan fingerprint density at radius 1 is 1.16 bits per heavy atom. The Kier molecular flexibility index (Phi) is 5.17. The van der Waals surface area contributed by atoms with E-state index in [0.29, 0.717) is 0 Å². The van der Waals surface area contributed by atoms with Crippen molar-refractivity contribution in [3.05, 3.63) is 70.2 Å². The predicted octanol–water partition coefficient (Wildman–Crippen LogP) is 2.57. The molecule has 0 saturated heterocycles. The number of thiophene rings is 1. The lowest BCUT2D eigenvalue weighted by atomic mass is 10.1. The van der Waals surface area contributed by atoms with Crippen molar-refractivity contribution in [3.8, 4) is 0 Å². The highest BCUT2D eigenvalue weighted by atomic mass is 32.2. The first-order chi connectivity index (χ1) is 14.7. The van der Waals surface area contributed by atoms with Gasteiger partial charge >= 0.3 is 5.97 Å². The molecule has 4 rings (SSSR count). The third kappa shape index (κ3) is 3.74. The Bertz CT molecular complexity index is 1360. The molecule has 4 N–H and O–H groups in total. The number of nitrogens with one attached hydrogen (secondary N) is 1. The fourth-order valence-corrected chi connectivity index (χ4v) is 5.19. The number of nitrogens with zero attached hydrogens (tertiary/aromatic N) is 2. The van der Waals surface area contributed by atoms with Gasteiger partial charge in [-0.1, -0.05) is 30.3 Å². The standard InChI is InChI=1S/C20H17N3O6S2/c1-23-18(21-15(20(26)27)16(24)19(23)25)17-14(8-9-30-17)22-31(28,29)13-7-6-11-4-2-3-5-12(11)10-13/h2-10,19,22,24-25H,1H3,(H,26,27). The van der Waals surface area contributed by atoms with Crippen molar-refractivity contribution >= 4 is 49.6 Å².